The molecule has 0 unspecified atom stereocenters. The first-order valence-electron chi connectivity index (χ1n) is 10.1. The van der Waals surface area contributed by atoms with E-state index in [-0.39, 0.29) is 11.1 Å². The van der Waals surface area contributed by atoms with E-state index >= 15 is 0 Å². The average molecular weight is 476 g/mol. The summed E-state index contributed by atoms with van der Waals surface area (Å²) < 4.78 is 3.06. The van der Waals surface area contributed by atoms with Gasteiger partial charge in [0.2, 0.25) is 4.96 Å². The summed E-state index contributed by atoms with van der Waals surface area (Å²) in [7, 11) is 0. The number of aryl methyl sites for hydroxylation is 1. The molecule has 0 saturated heterocycles. The number of hydrogen-bond acceptors (Lipinski definition) is 7. The van der Waals surface area contributed by atoms with Gasteiger partial charge in [-0.25, -0.2) is 9.97 Å². The van der Waals surface area contributed by atoms with Crippen molar-refractivity contribution in [1.82, 2.24) is 24.1 Å². The molecule has 0 spiro atoms. The van der Waals surface area contributed by atoms with Gasteiger partial charge in [0.05, 0.1) is 16.6 Å². The van der Waals surface area contributed by atoms with E-state index in [1.54, 1.807) is 22.8 Å². The van der Waals surface area contributed by atoms with Crippen LogP contribution in [0.5, 0.6) is 0 Å². The van der Waals surface area contributed by atoms with Crippen LogP contribution in [0.15, 0.2) is 39.0 Å². The summed E-state index contributed by atoms with van der Waals surface area (Å²) in [5, 5.41) is 6.83. The molecule has 3 aromatic heterocycles. The maximum absolute atomic E-state index is 13.1. The molecule has 10 heteroatoms. The molecule has 0 radical (unpaired) electrons. The van der Waals surface area contributed by atoms with Gasteiger partial charge in [-0.1, -0.05) is 55.5 Å². The molecule has 1 aromatic carbocycles. The Hall–Kier alpha value is -2.23. The van der Waals surface area contributed by atoms with Gasteiger partial charge in [0.15, 0.2) is 5.16 Å². The van der Waals surface area contributed by atoms with Gasteiger partial charge in [-0.3, -0.25) is 14.2 Å². The normalized spacial score (nSPS) is 11.8. The third-order valence-electron chi connectivity index (χ3n) is 4.80. The summed E-state index contributed by atoms with van der Waals surface area (Å²) in [5.74, 6) is 0.875. The second-order valence-electron chi connectivity index (χ2n) is 7.61. The second kappa shape index (κ2) is 9.10. The van der Waals surface area contributed by atoms with E-state index in [4.69, 9.17) is 16.6 Å². The SMILES string of the molecule is CCc1nn2c(=O)cc(CSc3nc4cc(Cl)ccc4c(=O)n3CCC(C)C)nc2s1. The molecule has 0 aliphatic carbocycles. The number of nitrogens with zero attached hydrogens (tertiary/aromatic N) is 5. The van der Waals surface area contributed by atoms with Crippen molar-refractivity contribution >= 4 is 50.6 Å². The largest absolute Gasteiger partial charge is 0.287 e. The molecular weight excluding hydrogens is 454 g/mol. The van der Waals surface area contributed by atoms with Gasteiger partial charge < -0.3 is 0 Å². The van der Waals surface area contributed by atoms with E-state index in [1.807, 2.05) is 6.92 Å². The van der Waals surface area contributed by atoms with E-state index in [0.717, 1.165) is 17.8 Å². The van der Waals surface area contributed by atoms with E-state index in [9.17, 15) is 9.59 Å². The lowest BCUT2D eigenvalue weighted by atomic mass is 10.1. The Kier molecular flexibility index (Phi) is 6.45. The van der Waals surface area contributed by atoms with Crippen LogP contribution < -0.4 is 11.1 Å². The highest BCUT2D eigenvalue weighted by molar-refractivity contribution is 7.98. The van der Waals surface area contributed by atoms with E-state index in [2.05, 4.69) is 23.9 Å². The molecule has 0 aliphatic heterocycles. The Morgan fingerprint density at radius 1 is 1.19 bits per heavy atom. The zero-order valence-corrected chi connectivity index (χ0v) is 19.9. The fourth-order valence-corrected chi connectivity index (χ4v) is 5.06. The third-order valence-corrected chi connectivity index (χ3v) is 7.10. The van der Waals surface area contributed by atoms with Gasteiger partial charge in [-0.15, -0.1) is 0 Å². The van der Waals surface area contributed by atoms with Gasteiger partial charge in [-0.2, -0.15) is 9.61 Å². The summed E-state index contributed by atoms with van der Waals surface area (Å²) in [6.45, 7) is 6.82. The fourth-order valence-electron chi connectivity index (χ4n) is 3.12. The van der Waals surface area contributed by atoms with Crippen molar-refractivity contribution in [3.05, 3.63) is 60.7 Å². The van der Waals surface area contributed by atoms with Crippen molar-refractivity contribution in [2.75, 3.05) is 0 Å². The highest BCUT2D eigenvalue weighted by Crippen LogP contribution is 2.24. The monoisotopic (exact) mass is 475 g/mol. The molecule has 7 nitrogen and oxygen atoms in total. The molecule has 4 aromatic rings. The lowest BCUT2D eigenvalue weighted by Gasteiger charge is -2.14. The smallest absolute Gasteiger partial charge is 0.275 e. The van der Waals surface area contributed by atoms with Gasteiger partial charge in [-0.05, 0) is 37.0 Å². The topological polar surface area (TPSA) is 82.2 Å². The van der Waals surface area contributed by atoms with Gasteiger partial charge in [0, 0.05) is 23.4 Å². The molecule has 0 amide bonds. The predicted octanol–water partition coefficient (Wildman–Crippen LogP) is 4.42. The van der Waals surface area contributed by atoms with Crippen molar-refractivity contribution in [3.63, 3.8) is 0 Å². The Bertz CT molecular complexity index is 1380. The van der Waals surface area contributed by atoms with Crippen LogP contribution >= 0.6 is 34.7 Å². The quantitative estimate of drug-likeness (QED) is 0.291. The molecule has 0 aliphatic rings. The van der Waals surface area contributed by atoms with Crippen LogP contribution in [0.1, 0.15) is 37.9 Å². The minimum absolute atomic E-state index is 0.0802. The first-order valence-corrected chi connectivity index (χ1v) is 12.2. The number of rotatable bonds is 7. The first kappa shape index (κ1) is 22.0. The van der Waals surface area contributed by atoms with Crippen molar-refractivity contribution in [3.8, 4) is 0 Å². The van der Waals surface area contributed by atoms with Crippen LogP contribution in [0.25, 0.3) is 15.9 Å². The lowest BCUT2D eigenvalue weighted by Crippen LogP contribution is -2.24. The van der Waals surface area contributed by atoms with Crippen molar-refractivity contribution in [2.45, 2.75) is 51.1 Å². The van der Waals surface area contributed by atoms with Crippen LogP contribution in [-0.4, -0.2) is 24.1 Å². The maximum Gasteiger partial charge on any atom is 0.275 e. The minimum Gasteiger partial charge on any atom is -0.287 e. The van der Waals surface area contributed by atoms with Crippen LogP contribution in [-0.2, 0) is 18.7 Å². The van der Waals surface area contributed by atoms with E-state index in [1.165, 1.54) is 33.7 Å². The van der Waals surface area contributed by atoms with Crippen molar-refractivity contribution in [1.29, 1.82) is 0 Å². The summed E-state index contributed by atoms with van der Waals surface area (Å²) >= 11 is 8.93. The fraction of sp³-hybridized carbons (Fsp3) is 0.381. The van der Waals surface area contributed by atoms with Crippen LogP contribution in [0.4, 0.5) is 0 Å². The van der Waals surface area contributed by atoms with Crippen molar-refractivity contribution in [2.24, 2.45) is 5.92 Å². The van der Waals surface area contributed by atoms with Gasteiger partial charge >= 0.3 is 0 Å². The number of thioether (sulfide) groups is 1. The standard InChI is InChI=1S/C21H22ClN5O2S2/c1-4-17-25-27-18(28)10-14(23-21(27)31-17)11-30-20-24-16-9-13(22)5-6-15(16)19(29)26(20)8-7-12(2)3/h5-6,9-10,12H,4,7-8,11H2,1-3H3. The molecule has 0 bridgehead atoms. The molecule has 4 rings (SSSR count). The maximum atomic E-state index is 13.1. The highest BCUT2D eigenvalue weighted by atomic mass is 35.5. The number of halogens is 1. The number of benzene rings is 1. The predicted molar refractivity (Wildman–Crippen MR) is 127 cm³/mol. The Balaban J connectivity index is 1.71. The van der Waals surface area contributed by atoms with E-state index in [0.29, 0.717) is 50.0 Å². The Labute approximate surface area is 192 Å². The van der Waals surface area contributed by atoms with Gasteiger partial charge in [0.1, 0.15) is 5.01 Å². The number of aromatic nitrogens is 5. The molecule has 0 N–H and O–H groups in total. The minimum atomic E-state index is -0.202. The summed E-state index contributed by atoms with van der Waals surface area (Å²) in [6.07, 6.45) is 1.61. The molecule has 3 heterocycles. The highest BCUT2D eigenvalue weighted by Gasteiger charge is 2.14. The summed E-state index contributed by atoms with van der Waals surface area (Å²) in [4.78, 5) is 35.4. The Morgan fingerprint density at radius 3 is 2.74 bits per heavy atom. The summed E-state index contributed by atoms with van der Waals surface area (Å²) in [6, 6.07) is 6.63. The number of hydrogen-bond donors (Lipinski definition) is 0. The number of fused-ring (bicyclic) bond motifs is 2. The summed E-state index contributed by atoms with van der Waals surface area (Å²) in [5.41, 5.74) is 0.923. The van der Waals surface area contributed by atoms with E-state index < -0.39 is 0 Å². The first-order chi connectivity index (χ1) is 14.9. The van der Waals surface area contributed by atoms with Crippen LogP contribution in [0.2, 0.25) is 5.02 Å². The zero-order valence-electron chi connectivity index (χ0n) is 17.5. The van der Waals surface area contributed by atoms with Crippen molar-refractivity contribution < 1.29 is 0 Å². The third kappa shape index (κ3) is 4.68. The van der Waals surface area contributed by atoms with Crippen LogP contribution in [0, 0.1) is 5.92 Å². The second-order valence-corrected chi connectivity index (χ2v) is 10.0. The zero-order chi connectivity index (χ0) is 22.1. The lowest BCUT2D eigenvalue weighted by molar-refractivity contribution is 0.481. The average Bonchev–Trinajstić information content (AvgIpc) is 3.15. The molecule has 0 saturated carbocycles. The molecule has 162 valence electrons. The molecular formula is C21H22ClN5O2S2. The Morgan fingerprint density at radius 2 is 2.00 bits per heavy atom. The molecule has 31 heavy (non-hydrogen) atoms. The van der Waals surface area contributed by atoms with Crippen LogP contribution in [0.3, 0.4) is 0 Å². The van der Waals surface area contributed by atoms with Gasteiger partial charge in [0.25, 0.3) is 11.1 Å². The molecule has 0 atom stereocenters. The molecule has 0 fully saturated rings.